The molecule has 2 heterocycles. The van der Waals surface area contributed by atoms with E-state index < -0.39 is 5.54 Å². The molecule has 1 aromatic carbocycles. The van der Waals surface area contributed by atoms with E-state index in [4.69, 9.17) is 0 Å². The van der Waals surface area contributed by atoms with E-state index in [1.54, 1.807) is 6.92 Å². The molecule has 0 aliphatic heterocycles. The Bertz CT molecular complexity index is 966. The number of hydrogen-bond donors (Lipinski definition) is 2. The number of amides is 1. The van der Waals surface area contributed by atoms with Gasteiger partial charge in [0, 0.05) is 0 Å². The predicted molar refractivity (Wildman–Crippen MR) is 90.5 cm³/mol. The monoisotopic (exact) mass is 340 g/mol. The Morgan fingerprint density at radius 1 is 1.54 bits per heavy atom. The molecule has 1 saturated carbocycles. The number of nitrogens with one attached hydrogen (secondary N) is 2. The van der Waals surface area contributed by atoms with Crippen LogP contribution in [0, 0.1) is 17.2 Å². The Morgan fingerprint density at radius 3 is 3.08 bits per heavy atom. The van der Waals surface area contributed by atoms with Crippen LogP contribution < -0.4 is 5.32 Å². The Hall–Kier alpha value is -2.53. The fourth-order valence-corrected chi connectivity index (χ4v) is 3.63. The summed E-state index contributed by atoms with van der Waals surface area (Å²) in [5.41, 5.74) is 1.06. The quantitative estimate of drug-likeness (QED) is 0.693. The van der Waals surface area contributed by atoms with Gasteiger partial charge in [-0.05, 0) is 37.8 Å². The first-order chi connectivity index (χ1) is 11.6. The minimum Gasteiger partial charge on any atom is -0.337 e. The van der Waals surface area contributed by atoms with E-state index in [0.717, 1.165) is 23.9 Å². The highest BCUT2D eigenvalue weighted by Crippen LogP contribution is 2.39. The third-order valence-corrected chi connectivity index (χ3v) is 5.30. The molecule has 0 saturated heterocycles. The Morgan fingerprint density at radius 2 is 2.33 bits per heavy atom. The van der Waals surface area contributed by atoms with Crippen molar-refractivity contribution < 1.29 is 4.79 Å². The van der Waals surface area contributed by atoms with E-state index in [1.165, 1.54) is 11.8 Å². The maximum atomic E-state index is 12.2. The van der Waals surface area contributed by atoms with E-state index in [9.17, 15) is 10.1 Å². The first-order valence-electron chi connectivity index (χ1n) is 7.77. The van der Waals surface area contributed by atoms with Gasteiger partial charge in [0.1, 0.15) is 5.54 Å². The van der Waals surface area contributed by atoms with Gasteiger partial charge in [-0.3, -0.25) is 9.20 Å². The molecule has 0 radical (unpaired) electrons. The standard InChI is InChI=1S/C16H16N6OS/c1-16(9-17,10-6-7-10)19-13(23)8-24-15-21-20-14-18-11-4-2-3-5-12(11)22(14)15/h2-5,10H,6-8H2,1H3,(H,18,20)(H,19,23)/t16-/m1/s1. The van der Waals surface area contributed by atoms with Crippen molar-refractivity contribution in [2.45, 2.75) is 30.5 Å². The average molecular weight is 340 g/mol. The second kappa shape index (κ2) is 5.53. The molecule has 1 aliphatic rings. The molecule has 24 heavy (non-hydrogen) atoms. The number of hydrogen-bond acceptors (Lipinski definition) is 5. The second-order valence-corrected chi connectivity index (χ2v) is 7.13. The summed E-state index contributed by atoms with van der Waals surface area (Å²) in [5, 5.41) is 20.0. The lowest BCUT2D eigenvalue weighted by Crippen LogP contribution is -2.47. The molecule has 3 aromatic rings. The van der Waals surface area contributed by atoms with Crippen molar-refractivity contribution >= 4 is 34.5 Å². The first-order valence-corrected chi connectivity index (χ1v) is 8.76. The molecule has 4 rings (SSSR count). The van der Waals surface area contributed by atoms with Gasteiger partial charge in [0.15, 0.2) is 5.16 Å². The summed E-state index contributed by atoms with van der Waals surface area (Å²) < 4.78 is 1.90. The van der Waals surface area contributed by atoms with Crippen molar-refractivity contribution in [3.63, 3.8) is 0 Å². The molecule has 1 aliphatic carbocycles. The molecule has 1 fully saturated rings. The highest BCUT2D eigenvalue weighted by atomic mass is 32.2. The maximum absolute atomic E-state index is 12.2. The maximum Gasteiger partial charge on any atom is 0.231 e. The number of aromatic nitrogens is 4. The van der Waals surface area contributed by atoms with Crippen molar-refractivity contribution in [1.82, 2.24) is 24.9 Å². The molecule has 1 amide bonds. The van der Waals surface area contributed by atoms with Crippen LogP contribution in [0.2, 0.25) is 0 Å². The number of benzene rings is 1. The molecule has 7 nitrogen and oxygen atoms in total. The minimum absolute atomic E-state index is 0.156. The third kappa shape index (κ3) is 2.51. The molecule has 0 unspecified atom stereocenters. The second-order valence-electron chi connectivity index (χ2n) is 6.19. The average Bonchev–Trinajstić information content (AvgIpc) is 3.28. The topological polar surface area (TPSA) is 98.9 Å². The van der Waals surface area contributed by atoms with Gasteiger partial charge in [-0.25, -0.2) is 10.1 Å². The predicted octanol–water partition coefficient (Wildman–Crippen LogP) is 2.11. The summed E-state index contributed by atoms with van der Waals surface area (Å²) in [5.74, 6) is 0.970. The minimum atomic E-state index is -0.764. The van der Waals surface area contributed by atoms with Crippen LogP contribution in [0.3, 0.4) is 0 Å². The van der Waals surface area contributed by atoms with Crippen LogP contribution in [0.25, 0.3) is 16.8 Å². The lowest BCUT2D eigenvalue weighted by atomic mass is 9.98. The summed E-state index contributed by atoms with van der Waals surface area (Å²) in [6, 6.07) is 10.0. The highest BCUT2D eigenvalue weighted by molar-refractivity contribution is 7.99. The molecular weight excluding hydrogens is 324 g/mol. The normalized spacial score (nSPS) is 16.8. The Kier molecular flexibility index (Phi) is 3.46. The molecule has 2 aromatic heterocycles. The number of nitrogens with zero attached hydrogens (tertiary/aromatic N) is 4. The van der Waals surface area contributed by atoms with Gasteiger partial charge in [0.05, 0.1) is 22.9 Å². The smallest absolute Gasteiger partial charge is 0.231 e. The van der Waals surface area contributed by atoms with E-state index >= 15 is 0 Å². The van der Waals surface area contributed by atoms with Gasteiger partial charge in [-0.15, -0.1) is 5.10 Å². The number of para-hydroxylation sites is 2. The van der Waals surface area contributed by atoms with Crippen molar-refractivity contribution in [2.75, 3.05) is 5.75 Å². The molecule has 0 spiro atoms. The van der Waals surface area contributed by atoms with Gasteiger partial charge < -0.3 is 5.32 Å². The Balaban J connectivity index is 1.51. The van der Waals surface area contributed by atoms with Crippen molar-refractivity contribution in [3.8, 4) is 6.07 Å². The number of thioether (sulfide) groups is 1. The van der Waals surface area contributed by atoms with Crippen molar-refractivity contribution in [2.24, 2.45) is 5.92 Å². The molecule has 0 bridgehead atoms. The largest absolute Gasteiger partial charge is 0.337 e. The molecular formula is C16H16N6OS. The fraction of sp³-hybridized carbons (Fsp3) is 0.375. The molecule has 1 atom stereocenters. The third-order valence-electron chi connectivity index (χ3n) is 4.36. The van der Waals surface area contributed by atoms with Crippen LogP contribution in [0.15, 0.2) is 29.4 Å². The van der Waals surface area contributed by atoms with Gasteiger partial charge in [-0.2, -0.15) is 5.26 Å². The lowest BCUT2D eigenvalue weighted by molar-refractivity contribution is -0.119. The van der Waals surface area contributed by atoms with Crippen LogP contribution in [0.1, 0.15) is 19.8 Å². The first kappa shape index (κ1) is 15.0. The number of H-pyrrole nitrogens is 1. The van der Waals surface area contributed by atoms with Gasteiger partial charge in [0.25, 0.3) is 0 Å². The number of fused-ring (bicyclic) bond motifs is 3. The summed E-state index contributed by atoms with van der Waals surface area (Å²) >= 11 is 1.33. The molecule has 8 heteroatoms. The van der Waals surface area contributed by atoms with Crippen LogP contribution in [-0.4, -0.2) is 36.8 Å². The van der Waals surface area contributed by atoms with Crippen molar-refractivity contribution in [1.29, 1.82) is 5.26 Å². The van der Waals surface area contributed by atoms with E-state index in [2.05, 4.69) is 26.6 Å². The molecule has 2 N–H and O–H groups in total. The van der Waals surface area contributed by atoms with Crippen molar-refractivity contribution in [3.05, 3.63) is 24.3 Å². The highest BCUT2D eigenvalue weighted by Gasteiger charge is 2.42. The number of rotatable bonds is 5. The van der Waals surface area contributed by atoms with E-state index in [1.807, 2.05) is 28.7 Å². The lowest BCUT2D eigenvalue weighted by Gasteiger charge is -2.22. The number of carbonyl (C=O) groups excluding carboxylic acids is 1. The van der Waals surface area contributed by atoms with Gasteiger partial charge in [-0.1, -0.05) is 23.9 Å². The zero-order valence-corrected chi connectivity index (χ0v) is 13.9. The number of nitriles is 1. The SMILES string of the molecule is C[C@](C#N)(NC(=O)CSc1n[nH]c2nc3ccccc3n12)C1CC1. The fourth-order valence-electron chi connectivity index (χ4n) is 2.88. The summed E-state index contributed by atoms with van der Waals surface area (Å²) in [6.07, 6.45) is 2.00. The van der Waals surface area contributed by atoms with E-state index in [0.29, 0.717) is 10.9 Å². The zero-order valence-electron chi connectivity index (χ0n) is 13.1. The number of carbonyl (C=O) groups is 1. The van der Waals surface area contributed by atoms with Crippen LogP contribution in [-0.2, 0) is 4.79 Å². The zero-order chi connectivity index (χ0) is 16.7. The summed E-state index contributed by atoms with van der Waals surface area (Å²) in [7, 11) is 0. The van der Waals surface area contributed by atoms with Crippen LogP contribution in [0.4, 0.5) is 0 Å². The molecule has 122 valence electrons. The van der Waals surface area contributed by atoms with Gasteiger partial charge in [0.2, 0.25) is 11.7 Å². The van der Waals surface area contributed by atoms with Crippen LogP contribution >= 0.6 is 11.8 Å². The van der Waals surface area contributed by atoms with E-state index in [-0.39, 0.29) is 17.6 Å². The summed E-state index contributed by atoms with van der Waals surface area (Å²) in [6.45, 7) is 1.79. The number of aromatic amines is 1. The number of imidazole rings is 1. The van der Waals surface area contributed by atoms with Gasteiger partial charge >= 0.3 is 0 Å². The van der Waals surface area contributed by atoms with Crippen LogP contribution in [0.5, 0.6) is 0 Å². The summed E-state index contributed by atoms with van der Waals surface area (Å²) in [4.78, 5) is 16.7. The Labute approximate surface area is 142 Å².